The zero-order valence-electron chi connectivity index (χ0n) is 14.5. The number of carbonyl (C=O) groups is 1. The van der Waals surface area contributed by atoms with Crippen LogP contribution in [0.25, 0.3) is 0 Å². The second kappa shape index (κ2) is 9.41. The minimum atomic E-state index is -4.51. The highest BCUT2D eigenvalue weighted by molar-refractivity contribution is 6.31. The molecule has 26 heavy (non-hydrogen) atoms. The van der Waals surface area contributed by atoms with Gasteiger partial charge in [-0.05, 0) is 43.8 Å². The first-order valence-electron chi connectivity index (χ1n) is 8.60. The number of amides is 1. The number of carbonyl (C=O) groups excluding carboxylic acids is 1. The third kappa shape index (κ3) is 6.32. The Morgan fingerprint density at radius 3 is 2.92 bits per heavy atom. The molecule has 1 aromatic rings. The number of nitrogens with zero attached hydrogens (tertiary/aromatic N) is 1. The smallest absolute Gasteiger partial charge is 0.417 e. The Labute approximate surface area is 155 Å². The average molecular weight is 394 g/mol. The van der Waals surface area contributed by atoms with Crippen LogP contribution in [0.15, 0.2) is 12.3 Å². The summed E-state index contributed by atoms with van der Waals surface area (Å²) in [6.07, 6.45) is -1.15. The van der Waals surface area contributed by atoms with Gasteiger partial charge in [0.15, 0.2) is 0 Å². The monoisotopic (exact) mass is 393 g/mol. The molecule has 2 unspecified atom stereocenters. The van der Waals surface area contributed by atoms with E-state index in [0.717, 1.165) is 32.0 Å². The van der Waals surface area contributed by atoms with Crippen molar-refractivity contribution in [2.75, 3.05) is 26.2 Å². The Balaban J connectivity index is 1.70. The van der Waals surface area contributed by atoms with Crippen molar-refractivity contribution in [1.29, 1.82) is 0 Å². The summed E-state index contributed by atoms with van der Waals surface area (Å²) >= 11 is 5.75. The van der Waals surface area contributed by atoms with Gasteiger partial charge in [0.25, 0.3) is 0 Å². The van der Waals surface area contributed by atoms with Crippen molar-refractivity contribution in [1.82, 2.24) is 15.6 Å². The Morgan fingerprint density at radius 1 is 1.54 bits per heavy atom. The van der Waals surface area contributed by atoms with Crippen LogP contribution < -0.4 is 15.4 Å². The van der Waals surface area contributed by atoms with E-state index in [9.17, 15) is 18.0 Å². The summed E-state index contributed by atoms with van der Waals surface area (Å²) in [5.41, 5.74) is -0.936. The zero-order valence-corrected chi connectivity index (χ0v) is 15.3. The van der Waals surface area contributed by atoms with Crippen LogP contribution in [-0.2, 0) is 11.0 Å². The molecular formula is C17H23ClF3N3O2. The fourth-order valence-corrected chi connectivity index (χ4v) is 3.14. The zero-order chi connectivity index (χ0) is 19.2. The van der Waals surface area contributed by atoms with Crippen LogP contribution in [0.5, 0.6) is 5.88 Å². The Hall–Kier alpha value is -1.54. The molecule has 146 valence electrons. The summed E-state index contributed by atoms with van der Waals surface area (Å²) in [5.74, 6) is 0.629. The van der Waals surface area contributed by atoms with Gasteiger partial charge in [-0.15, -0.1) is 0 Å². The molecule has 2 atom stereocenters. The molecule has 1 aromatic heterocycles. The number of hydrogen-bond donors (Lipinski definition) is 2. The van der Waals surface area contributed by atoms with E-state index in [1.807, 2.05) is 0 Å². The lowest BCUT2D eigenvalue weighted by Crippen LogP contribution is -2.36. The van der Waals surface area contributed by atoms with E-state index in [0.29, 0.717) is 18.5 Å². The van der Waals surface area contributed by atoms with Gasteiger partial charge in [0.05, 0.1) is 12.1 Å². The molecule has 0 aliphatic carbocycles. The van der Waals surface area contributed by atoms with Crippen molar-refractivity contribution in [2.45, 2.75) is 32.4 Å². The van der Waals surface area contributed by atoms with Crippen LogP contribution in [0.2, 0.25) is 5.02 Å². The van der Waals surface area contributed by atoms with Crippen LogP contribution in [0.3, 0.4) is 0 Å². The van der Waals surface area contributed by atoms with E-state index < -0.39 is 11.7 Å². The number of aromatic nitrogens is 1. The number of hydrogen-bond acceptors (Lipinski definition) is 4. The SMILES string of the molecule is CC(CC(=O)NCCOc1ncc(C(F)(F)F)cc1Cl)C1CCCNC1. The Bertz CT molecular complexity index is 607. The van der Waals surface area contributed by atoms with E-state index in [1.54, 1.807) is 0 Å². The van der Waals surface area contributed by atoms with E-state index >= 15 is 0 Å². The summed E-state index contributed by atoms with van der Waals surface area (Å²) in [7, 11) is 0. The molecule has 2 N–H and O–H groups in total. The molecule has 1 saturated heterocycles. The summed E-state index contributed by atoms with van der Waals surface area (Å²) in [6.45, 7) is 4.35. The first-order chi connectivity index (χ1) is 12.3. The van der Waals surface area contributed by atoms with Gasteiger partial charge in [-0.2, -0.15) is 13.2 Å². The number of alkyl halides is 3. The highest BCUT2D eigenvalue weighted by atomic mass is 35.5. The van der Waals surface area contributed by atoms with Crippen molar-refractivity contribution in [3.8, 4) is 5.88 Å². The molecule has 2 heterocycles. The molecule has 0 bridgehead atoms. The van der Waals surface area contributed by atoms with Crippen molar-refractivity contribution in [3.05, 3.63) is 22.8 Å². The molecule has 1 aliphatic rings. The quantitative estimate of drug-likeness (QED) is 0.698. The number of halogens is 4. The summed E-state index contributed by atoms with van der Waals surface area (Å²) in [5, 5.41) is 5.86. The largest absolute Gasteiger partial charge is 0.475 e. The van der Waals surface area contributed by atoms with E-state index in [2.05, 4.69) is 22.5 Å². The fraction of sp³-hybridized carbons (Fsp3) is 0.647. The molecule has 1 fully saturated rings. The maximum Gasteiger partial charge on any atom is 0.417 e. The van der Waals surface area contributed by atoms with Crippen molar-refractivity contribution in [3.63, 3.8) is 0 Å². The molecule has 0 aromatic carbocycles. The third-order valence-electron chi connectivity index (χ3n) is 4.44. The van der Waals surface area contributed by atoms with Gasteiger partial charge in [-0.25, -0.2) is 4.98 Å². The van der Waals surface area contributed by atoms with Crippen LogP contribution in [0.1, 0.15) is 31.7 Å². The van der Waals surface area contributed by atoms with Gasteiger partial charge in [0.1, 0.15) is 11.6 Å². The molecule has 1 amide bonds. The van der Waals surface area contributed by atoms with Crippen molar-refractivity contribution >= 4 is 17.5 Å². The average Bonchev–Trinajstić information content (AvgIpc) is 2.59. The normalized spacial score (nSPS) is 19.0. The predicted molar refractivity (Wildman–Crippen MR) is 92.1 cm³/mol. The van der Waals surface area contributed by atoms with Crippen LogP contribution in [-0.4, -0.2) is 37.1 Å². The van der Waals surface area contributed by atoms with Gasteiger partial charge in [-0.1, -0.05) is 18.5 Å². The number of piperidine rings is 1. The molecule has 9 heteroatoms. The topological polar surface area (TPSA) is 63.2 Å². The number of nitrogens with one attached hydrogen (secondary N) is 2. The van der Waals surface area contributed by atoms with Crippen LogP contribution >= 0.6 is 11.6 Å². The van der Waals surface area contributed by atoms with E-state index in [4.69, 9.17) is 16.3 Å². The number of ether oxygens (including phenoxy) is 1. The summed E-state index contributed by atoms with van der Waals surface area (Å²) in [6, 6.07) is 0.766. The maximum absolute atomic E-state index is 12.5. The summed E-state index contributed by atoms with van der Waals surface area (Å²) in [4.78, 5) is 15.6. The highest BCUT2D eigenvalue weighted by Gasteiger charge is 2.31. The lowest BCUT2D eigenvalue weighted by atomic mass is 9.85. The van der Waals surface area contributed by atoms with Crippen LogP contribution in [0.4, 0.5) is 13.2 Å². The molecular weight excluding hydrogens is 371 g/mol. The molecule has 5 nitrogen and oxygen atoms in total. The first kappa shape index (κ1) is 20.8. The maximum atomic E-state index is 12.5. The van der Waals surface area contributed by atoms with Crippen molar-refractivity contribution in [2.24, 2.45) is 11.8 Å². The van der Waals surface area contributed by atoms with E-state index in [1.165, 1.54) is 0 Å². The molecule has 0 spiro atoms. The van der Waals surface area contributed by atoms with Crippen LogP contribution in [0, 0.1) is 11.8 Å². The molecule has 0 radical (unpaired) electrons. The molecule has 1 aliphatic heterocycles. The van der Waals surface area contributed by atoms with Crippen molar-refractivity contribution < 1.29 is 22.7 Å². The number of pyridine rings is 1. The third-order valence-corrected chi connectivity index (χ3v) is 4.72. The van der Waals surface area contributed by atoms with Gasteiger partial charge >= 0.3 is 6.18 Å². The first-order valence-corrected chi connectivity index (χ1v) is 8.98. The van der Waals surface area contributed by atoms with Gasteiger partial charge in [0, 0.05) is 12.6 Å². The molecule has 0 saturated carbocycles. The fourth-order valence-electron chi connectivity index (χ4n) is 2.92. The Kier molecular flexibility index (Phi) is 7.52. The second-order valence-corrected chi connectivity index (χ2v) is 6.90. The van der Waals surface area contributed by atoms with Gasteiger partial charge in [-0.3, -0.25) is 4.79 Å². The summed E-state index contributed by atoms with van der Waals surface area (Å²) < 4.78 is 42.9. The minimum Gasteiger partial charge on any atom is -0.475 e. The lowest BCUT2D eigenvalue weighted by molar-refractivity contribution is -0.137. The van der Waals surface area contributed by atoms with Gasteiger partial charge in [0.2, 0.25) is 11.8 Å². The van der Waals surface area contributed by atoms with E-state index in [-0.39, 0.29) is 35.9 Å². The molecule has 2 rings (SSSR count). The second-order valence-electron chi connectivity index (χ2n) is 6.49. The van der Waals surface area contributed by atoms with Gasteiger partial charge < -0.3 is 15.4 Å². The Morgan fingerprint density at radius 2 is 2.31 bits per heavy atom. The highest BCUT2D eigenvalue weighted by Crippen LogP contribution is 2.33. The lowest BCUT2D eigenvalue weighted by Gasteiger charge is -2.28. The predicted octanol–water partition coefficient (Wildman–Crippen LogP) is 3.27. The minimum absolute atomic E-state index is 0.0712. The standard InChI is InChI=1S/C17H23ClF3N3O2/c1-11(12-3-2-4-22-9-12)7-15(25)23-5-6-26-16-14(18)8-13(10-24-16)17(19,20)21/h8,10-12,22H,2-7,9H2,1H3,(H,23,25). The number of rotatable bonds is 7.